The molecule has 3 N–H and O–H groups in total. The minimum Gasteiger partial charge on any atom is -0.478 e. The molecule has 0 aromatic heterocycles. The van der Waals surface area contributed by atoms with Gasteiger partial charge in [-0.15, -0.1) is 0 Å². The molecular formula is C25H20BrIO6. The van der Waals surface area contributed by atoms with Crippen LogP contribution in [0.2, 0.25) is 0 Å². The summed E-state index contributed by atoms with van der Waals surface area (Å²) in [5, 5.41) is 27.3. The van der Waals surface area contributed by atoms with Gasteiger partial charge in [0.25, 0.3) is 0 Å². The molecule has 7 rings (SSSR count). The number of halogens is 2. The average Bonchev–Trinajstić information content (AvgIpc) is 2.74. The maximum atomic E-state index is 11.4. The van der Waals surface area contributed by atoms with E-state index < -0.39 is 17.9 Å². The number of rotatable bonds is 3. The van der Waals surface area contributed by atoms with Gasteiger partial charge in [-0.2, -0.15) is 0 Å². The van der Waals surface area contributed by atoms with Crippen LogP contribution in [0.4, 0.5) is 0 Å². The summed E-state index contributed by atoms with van der Waals surface area (Å²) in [5.74, 6) is -2.79. The molecule has 0 heterocycles. The van der Waals surface area contributed by atoms with E-state index in [0.717, 1.165) is 43.2 Å². The number of carboxylic acid groups (broad SMARTS) is 3. The van der Waals surface area contributed by atoms with Crippen LogP contribution in [0.5, 0.6) is 0 Å². The molecule has 170 valence electrons. The first-order valence-electron chi connectivity index (χ1n) is 10.0. The minimum atomic E-state index is -0.945. The Morgan fingerprint density at radius 1 is 0.697 bits per heavy atom. The van der Waals surface area contributed by atoms with Crippen molar-refractivity contribution < 1.29 is 29.7 Å². The van der Waals surface area contributed by atoms with Gasteiger partial charge in [-0.25, -0.2) is 14.4 Å². The molecular weight excluding hydrogens is 603 g/mol. The first-order chi connectivity index (χ1) is 15.6. The number of allylic oxidation sites excluding steroid dienone is 8. The molecule has 6 aliphatic rings. The quantitative estimate of drug-likeness (QED) is 0.353. The molecule has 4 bridgehead atoms. The zero-order valence-corrected chi connectivity index (χ0v) is 21.1. The van der Waals surface area contributed by atoms with E-state index in [-0.39, 0.29) is 0 Å². The summed E-state index contributed by atoms with van der Waals surface area (Å²) in [7, 11) is 0. The fourth-order valence-electron chi connectivity index (χ4n) is 3.63. The van der Waals surface area contributed by atoms with Gasteiger partial charge in [0.05, 0.1) is 16.7 Å². The molecule has 0 saturated carbocycles. The highest BCUT2D eigenvalue weighted by atomic mass is 127. The average molecular weight is 623 g/mol. The SMILES string of the molecule is O=C(O)C1=CC2=CC=C3C=C(C(=O)O)C(=CC=C1CC2)CC3.O=C(O)c1cc(Br)cc(I)c1. The minimum absolute atomic E-state index is 0.296. The van der Waals surface area contributed by atoms with Crippen LogP contribution in [-0.4, -0.2) is 33.2 Å². The van der Waals surface area contributed by atoms with Crippen LogP contribution in [0.25, 0.3) is 0 Å². The van der Waals surface area contributed by atoms with Crippen molar-refractivity contribution in [3.05, 3.63) is 102 Å². The molecule has 6 nitrogen and oxygen atoms in total. The van der Waals surface area contributed by atoms with E-state index in [0.29, 0.717) is 29.6 Å². The topological polar surface area (TPSA) is 112 Å². The number of carbonyl (C=O) groups is 3. The Morgan fingerprint density at radius 2 is 1.18 bits per heavy atom. The largest absolute Gasteiger partial charge is 0.478 e. The van der Waals surface area contributed by atoms with Crippen molar-refractivity contribution in [3.8, 4) is 0 Å². The van der Waals surface area contributed by atoms with Gasteiger partial charge in [-0.1, -0.05) is 40.2 Å². The second-order valence-corrected chi connectivity index (χ2v) is 9.72. The smallest absolute Gasteiger partial charge is 0.335 e. The summed E-state index contributed by atoms with van der Waals surface area (Å²) in [5.41, 5.74) is 4.32. The van der Waals surface area contributed by atoms with E-state index in [1.54, 1.807) is 36.4 Å². The fourth-order valence-corrected chi connectivity index (χ4v) is 5.22. The van der Waals surface area contributed by atoms with Crippen molar-refractivity contribution in [2.24, 2.45) is 0 Å². The second-order valence-electron chi connectivity index (χ2n) is 7.56. The number of hydrogen-bond acceptors (Lipinski definition) is 3. The van der Waals surface area contributed by atoms with Gasteiger partial charge in [0.2, 0.25) is 0 Å². The Kier molecular flexibility index (Phi) is 8.25. The van der Waals surface area contributed by atoms with E-state index in [9.17, 15) is 24.6 Å². The second kappa shape index (κ2) is 10.9. The molecule has 33 heavy (non-hydrogen) atoms. The van der Waals surface area contributed by atoms with E-state index in [1.165, 1.54) is 0 Å². The number of carboxylic acids is 3. The number of hydrogen-bond donors (Lipinski definition) is 3. The summed E-state index contributed by atoms with van der Waals surface area (Å²) in [6.07, 6.45) is 13.7. The molecule has 0 fully saturated rings. The fraction of sp³-hybridized carbons (Fsp3) is 0.160. The molecule has 6 aliphatic carbocycles. The number of aliphatic carboxylic acids is 2. The van der Waals surface area contributed by atoms with Crippen molar-refractivity contribution in [1.82, 2.24) is 0 Å². The standard InChI is InChI=1S/C18H16O4.C7H4BrIO2/c19-17(20)15-9-11-1-2-12-4-6-14(16(10-12)18(21)22)8-7-13(15)5-3-11;8-5-1-4(7(10)11)2-6(9)3-5/h1-2,7-10H,3-6H2,(H,19,20)(H,21,22);1-3H,(H,10,11). The summed E-state index contributed by atoms with van der Waals surface area (Å²) >= 11 is 5.28. The maximum Gasteiger partial charge on any atom is 0.335 e. The van der Waals surface area contributed by atoms with Gasteiger partial charge in [-0.3, -0.25) is 0 Å². The van der Waals surface area contributed by atoms with E-state index in [4.69, 9.17) is 5.11 Å². The third-order valence-corrected chi connectivity index (χ3v) is 6.37. The zero-order valence-electron chi connectivity index (χ0n) is 17.3. The molecule has 0 saturated heterocycles. The van der Waals surface area contributed by atoms with Crippen LogP contribution in [-0.2, 0) is 9.59 Å². The van der Waals surface area contributed by atoms with Gasteiger partial charge in [0, 0.05) is 8.04 Å². The molecule has 0 atom stereocenters. The highest BCUT2D eigenvalue weighted by molar-refractivity contribution is 14.1. The van der Waals surface area contributed by atoms with Crippen molar-refractivity contribution in [2.75, 3.05) is 0 Å². The molecule has 1 aromatic carbocycles. The molecule has 8 heteroatoms. The van der Waals surface area contributed by atoms with Gasteiger partial charge >= 0.3 is 17.9 Å². The van der Waals surface area contributed by atoms with E-state index in [1.807, 2.05) is 18.2 Å². The van der Waals surface area contributed by atoms with Crippen molar-refractivity contribution in [1.29, 1.82) is 0 Å². The lowest BCUT2D eigenvalue weighted by molar-refractivity contribution is -0.133. The zero-order chi connectivity index (χ0) is 24.1. The Bertz CT molecular complexity index is 1130. The lowest BCUT2D eigenvalue weighted by Gasteiger charge is -2.19. The summed E-state index contributed by atoms with van der Waals surface area (Å²) < 4.78 is 1.70. The highest BCUT2D eigenvalue weighted by Crippen LogP contribution is 2.32. The third-order valence-electron chi connectivity index (χ3n) is 5.28. The highest BCUT2D eigenvalue weighted by Gasteiger charge is 2.21. The molecule has 0 radical (unpaired) electrons. The van der Waals surface area contributed by atoms with Crippen LogP contribution < -0.4 is 0 Å². The van der Waals surface area contributed by atoms with E-state index in [2.05, 4.69) is 38.5 Å². The van der Waals surface area contributed by atoms with Gasteiger partial charge in [0.15, 0.2) is 0 Å². The molecule has 0 unspecified atom stereocenters. The predicted molar refractivity (Wildman–Crippen MR) is 136 cm³/mol. The Morgan fingerprint density at radius 3 is 1.58 bits per heavy atom. The van der Waals surface area contributed by atoms with Crippen LogP contribution >= 0.6 is 38.5 Å². The first kappa shape index (κ1) is 24.9. The number of benzene rings is 1. The van der Waals surface area contributed by atoms with E-state index >= 15 is 0 Å². The van der Waals surface area contributed by atoms with Gasteiger partial charge in [0.1, 0.15) is 0 Å². The van der Waals surface area contributed by atoms with Crippen molar-refractivity contribution in [3.63, 3.8) is 0 Å². The van der Waals surface area contributed by atoms with Gasteiger partial charge in [-0.05, 0) is 101 Å². The Balaban J connectivity index is 0.000000235. The Hall–Kier alpha value is -2.72. The van der Waals surface area contributed by atoms with Crippen LogP contribution in [0.1, 0.15) is 36.0 Å². The third kappa shape index (κ3) is 6.64. The summed E-state index contributed by atoms with van der Waals surface area (Å²) in [6, 6.07) is 5.05. The Labute approximate surface area is 212 Å². The normalized spacial score (nSPS) is 16.9. The molecule has 1 aromatic rings. The summed E-state index contributed by atoms with van der Waals surface area (Å²) in [6.45, 7) is 0. The predicted octanol–water partition coefficient (Wildman–Crippen LogP) is 6.07. The lowest BCUT2D eigenvalue weighted by Crippen LogP contribution is -2.11. The maximum absolute atomic E-state index is 11.4. The van der Waals surface area contributed by atoms with Crippen LogP contribution in [0.15, 0.2) is 92.6 Å². The number of aromatic carboxylic acids is 1. The molecule has 0 spiro atoms. The summed E-state index contributed by atoms with van der Waals surface area (Å²) in [4.78, 5) is 33.3. The molecule has 0 amide bonds. The molecule has 0 aliphatic heterocycles. The van der Waals surface area contributed by atoms with Gasteiger partial charge < -0.3 is 15.3 Å². The van der Waals surface area contributed by atoms with Crippen LogP contribution in [0.3, 0.4) is 0 Å². The van der Waals surface area contributed by atoms with Crippen LogP contribution in [0, 0.1) is 3.57 Å². The van der Waals surface area contributed by atoms with Crippen molar-refractivity contribution in [2.45, 2.75) is 25.7 Å². The monoisotopic (exact) mass is 622 g/mol. The van der Waals surface area contributed by atoms with Crippen molar-refractivity contribution >= 4 is 56.4 Å². The lowest BCUT2D eigenvalue weighted by atomic mass is 9.85. The first-order valence-corrected chi connectivity index (χ1v) is 11.9.